The van der Waals surface area contributed by atoms with Crippen molar-refractivity contribution < 1.29 is 9.53 Å². The van der Waals surface area contributed by atoms with Crippen LogP contribution in [0.5, 0.6) is 5.75 Å². The van der Waals surface area contributed by atoms with Gasteiger partial charge in [0.1, 0.15) is 5.75 Å². The quantitative estimate of drug-likeness (QED) is 0.891. The van der Waals surface area contributed by atoms with Crippen molar-refractivity contribution in [1.29, 1.82) is 0 Å². The van der Waals surface area contributed by atoms with E-state index in [-0.39, 0.29) is 5.91 Å². The Kier molecular flexibility index (Phi) is 4.77. The number of para-hydroxylation sites is 1. The predicted octanol–water partition coefficient (Wildman–Crippen LogP) is 3.97. The van der Waals surface area contributed by atoms with E-state index in [0.717, 1.165) is 11.4 Å². The number of nitrogens with one attached hydrogen (secondary N) is 1. The van der Waals surface area contributed by atoms with E-state index >= 15 is 0 Å². The molecule has 0 saturated heterocycles. The summed E-state index contributed by atoms with van der Waals surface area (Å²) in [5.41, 5.74) is 1.38. The van der Waals surface area contributed by atoms with Crippen LogP contribution in [0.1, 0.15) is 24.2 Å². The van der Waals surface area contributed by atoms with Gasteiger partial charge in [0.15, 0.2) is 0 Å². The molecule has 0 aliphatic rings. The van der Waals surface area contributed by atoms with Crippen LogP contribution in [0.3, 0.4) is 0 Å². The fourth-order valence-electron chi connectivity index (χ4n) is 1.71. The van der Waals surface area contributed by atoms with E-state index < -0.39 is 0 Å². The van der Waals surface area contributed by atoms with Crippen molar-refractivity contribution in [3.8, 4) is 5.75 Å². The maximum absolute atomic E-state index is 12.1. The summed E-state index contributed by atoms with van der Waals surface area (Å²) >= 11 is 0. The Hall–Kier alpha value is -2.29. The van der Waals surface area contributed by atoms with Gasteiger partial charge in [0.25, 0.3) is 5.91 Å². The molecule has 3 heteroatoms. The molecule has 0 radical (unpaired) electrons. The maximum atomic E-state index is 12.1. The van der Waals surface area contributed by atoms with Crippen molar-refractivity contribution >= 4 is 11.6 Å². The largest absolute Gasteiger partial charge is 0.493 e. The molecule has 2 aromatic carbocycles. The number of anilines is 1. The first-order valence-corrected chi connectivity index (χ1v) is 6.74. The van der Waals surface area contributed by atoms with Gasteiger partial charge in [0.05, 0.1) is 6.61 Å². The molecule has 0 unspecified atom stereocenters. The summed E-state index contributed by atoms with van der Waals surface area (Å²) in [6, 6.07) is 16.6. The van der Waals surface area contributed by atoms with Gasteiger partial charge >= 0.3 is 0 Å². The lowest BCUT2D eigenvalue weighted by atomic mass is 10.2. The number of amides is 1. The summed E-state index contributed by atoms with van der Waals surface area (Å²) < 4.78 is 5.63. The Bertz CT molecular complexity index is 564. The number of carbonyl (C=O) groups is 1. The van der Waals surface area contributed by atoms with E-state index in [1.807, 2.05) is 42.5 Å². The van der Waals surface area contributed by atoms with Crippen LogP contribution in [0.25, 0.3) is 0 Å². The summed E-state index contributed by atoms with van der Waals surface area (Å²) in [6.07, 6.45) is 0. The molecule has 20 heavy (non-hydrogen) atoms. The molecule has 3 nitrogen and oxygen atoms in total. The second-order valence-corrected chi connectivity index (χ2v) is 5.05. The molecule has 104 valence electrons. The monoisotopic (exact) mass is 269 g/mol. The van der Waals surface area contributed by atoms with Crippen molar-refractivity contribution in [3.05, 3.63) is 60.2 Å². The topological polar surface area (TPSA) is 38.3 Å². The molecular weight excluding hydrogens is 250 g/mol. The fraction of sp³-hybridized carbons (Fsp3) is 0.235. The minimum Gasteiger partial charge on any atom is -0.493 e. The van der Waals surface area contributed by atoms with Crippen LogP contribution in [0, 0.1) is 5.92 Å². The third-order valence-electron chi connectivity index (χ3n) is 2.71. The molecule has 0 saturated carbocycles. The van der Waals surface area contributed by atoms with E-state index in [1.54, 1.807) is 12.1 Å². The third kappa shape index (κ3) is 4.12. The lowest BCUT2D eigenvalue weighted by molar-refractivity contribution is 0.102. The standard InChI is InChI=1S/C17H19NO2/c1-13(2)12-20-16-10-6-7-14(11-16)17(19)18-15-8-4-3-5-9-15/h3-11,13H,12H2,1-2H3,(H,18,19). The highest BCUT2D eigenvalue weighted by Crippen LogP contribution is 2.16. The van der Waals surface area contributed by atoms with E-state index in [0.29, 0.717) is 18.1 Å². The number of carbonyl (C=O) groups excluding carboxylic acids is 1. The molecule has 0 bridgehead atoms. The van der Waals surface area contributed by atoms with Gasteiger partial charge in [-0.3, -0.25) is 4.79 Å². The van der Waals surface area contributed by atoms with Gasteiger partial charge in [-0.05, 0) is 36.2 Å². The SMILES string of the molecule is CC(C)COc1cccc(C(=O)Nc2ccccc2)c1. The maximum Gasteiger partial charge on any atom is 0.255 e. The Morgan fingerprint density at radius 3 is 2.55 bits per heavy atom. The average molecular weight is 269 g/mol. The van der Waals surface area contributed by atoms with Crippen LogP contribution in [0.15, 0.2) is 54.6 Å². The predicted molar refractivity (Wildman–Crippen MR) is 81.2 cm³/mol. The van der Waals surface area contributed by atoms with Crippen LogP contribution in [-0.4, -0.2) is 12.5 Å². The number of ether oxygens (including phenoxy) is 1. The Morgan fingerprint density at radius 2 is 1.85 bits per heavy atom. The minimum absolute atomic E-state index is 0.133. The average Bonchev–Trinajstić information content (AvgIpc) is 2.46. The van der Waals surface area contributed by atoms with Crippen molar-refractivity contribution in [1.82, 2.24) is 0 Å². The smallest absolute Gasteiger partial charge is 0.255 e. The van der Waals surface area contributed by atoms with E-state index in [2.05, 4.69) is 19.2 Å². The molecule has 0 spiro atoms. The second kappa shape index (κ2) is 6.75. The molecule has 0 fully saturated rings. The first-order valence-electron chi connectivity index (χ1n) is 6.74. The summed E-state index contributed by atoms with van der Waals surface area (Å²) in [5, 5.41) is 2.86. The highest BCUT2D eigenvalue weighted by molar-refractivity contribution is 6.04. The summed E-state index contributed by atoms with van der Waals surface area (Å²) in [5.74, 6) is 1.04. The molecule has 1 N–H and O–H groups in total. The van der Waals surface area contributed by atoms with Gasteiger partial charge in [-0.2, -0.15) is 0 Å². The Balaban J connectivity index is 2.04. The van der Waals surface area contributed by atoms with Gasteiger partial charge in [-0.1, -0.05) is 38.1 Å². The Labute approximate surface area is 119 Å². The molecule has 2 aromatic rings. The number of hydrogen-bond acceptors (Lipinski definition) is 2. The summed E-state index contributed by atoms with van der Waals surface area (Å²) in [6.45, 7) is 4.82. The number of rotatable bonds is 5. The van der Waals surface area contributed by atoms with Crippen molar-refractivity contribution in [2.75, 3.05) is 11.9 Å². The fourth-order valence-corrected chi connectivity index (χ4v) is 1.71. The van der Waals surface area contributed by atoms with Crippen LogP contribution >= 0.6 is 0 Å². The first kappa shape index (κ1) is 14.1. The minimum atomic E-state index is -0.133. The molecule has 0 aliphatic heterocycles. The highest BCUT2D eigenvalue weighted by Gasteiger charge is 2.07. The normalized spacial score (nSPS) is 10.3. The van der Waals surface area contributed by atoms with E-state index in [4.69, 9.17) is 4.74 Å². The zero-order valence-electron chi connectivity index (χ0n) is 11.8. The highest BCUT2D eigenvalue weighted by atomic mass is 16.5. The molecule has 0 aliphatic carbocycles. The molecule has 1 amide bonds. The van der Waals surface area contributed by atoms with E-state index in [1.165, 1.54) is 0 Å². The second-order valence-electron chi connectivity index (χ2n) is 5.05. The van der Waals surface area contributed by atoms with Gasteiger partial charge in [0, 0.05) is 11.3 Å². The van der Waals surface area contributed by atoms with Gasteiger partial charge in [0.2, 0.25) is 0 Å². The van der Waals surface area contributed by atoms with Crippen LogP contribution in [0.4, 0.5) is 5.69 Å². The molecule has 2 rings (SSSR count). The lowest BCUT2D eigenvalue weighted by Gasteiger charge is -2.10. The van der Waals surface area contributed by atoms with Crippen LogP contribution in [0.2, 0.25) is 0 Å². The van der Waals surface area contributed by atoms with Crippen LogP contribution < -0.4 is 10.1 Å². The zero-order chi connectivity index (χ0) is 14.4. The molecular formula is C17H19NO2. The number of benzene rings is 2. The summed E-state index contributed by atoms with van der Waals surface area (Å²) in [7, 11) is 0. The molecule has 0 aromatic heterocycles. The van der Waals surface area contributed by atoms with Gasteiger partial charge in [-0.15, -0.1) is 0 Å². The molecule has 0 heterocycles. The van der Waals surface area contributed by atoms with Crippen molar-refractivity contribution in [2.45, 2.75) is 13.8 Å². The van der Waals surface area contributed by atoms with E-state index in [9.17, 15) is 4.79 Å². The number of hydrogen-bond donors (Lipinski definition) is 1. The van der Waals surface area contributed by atoms with Crippen LogP contribution in [-0.2, 0) is 0 Å². The molecule has 0 atom stereocenters. The Morgan fingerprint density at radius 1 is 1.10 bits per heavy atom. The summed E-state index contributed by atoms with van der Waals surface area (Å²) in [4.78, 5) is 12.1. The third-order valence-corrected chi connectivity index (χ3v) is 2.71. The zero-order valence-corrected chi connectivity index (χ0v) is 11.8. The van der Waals surface area contributed by atoms with Crippen molar-refractivity contribution in [3.63, 3.8) is 0 Å². The van der Waals surface area contributed by atoms with Gasteiger partial charge in [-0.25, -0.2) is 0 Å². The first-order chi connectivity index (χ1) is 9.65. The van der Waals surface area contributed by atoms with Gasteiger partial charge < -0.3 is 10.1 Å². The lowest BCUT2D eigenvalue weighted by Crippen LogP contribution is -2.12. The van der Waals surface area contributed by atoms with Crippen molar-refractivity contribution in [2.24, 2.45) is 5.92 Å².